The fourth-order valence-corrected chi connectivity index (χ4v) is 4.19. The summed E-state index contributed by atoms with van der Waals surface area (Å²) in [5.41, 5.74) is 3.68. The first-order valence-electron chi connectivity index (χ1n) is 7.80. The molecule has 3 nitrogen and oxygen atoms in total. The van der Waals surface area contributed by atoms with Crippen LogP contribution in [0.15, 0.2) is 0 Å². The van der Waals surface area contributed by atoms with Crippen molar-refractivity contribution in [1.82, 2.24) is 15.3 Å². The predicted molar refractivity (Wildman–Crippen MR) is 87.5 cm³/mol. The van der Waals surface area contributed by atoms with Gasteiger partial charge in [0.05, 0.1) is 5.25 Å². The normalized spacial score (nSPS) is 20.3. The largest absolute Gasteiger partial charge is 0.316 e. The van der Waals surface area contributed by atoms with E-state index in [1.807, 2.05) is 11.8 Å². The molecule has 2 rings (SSSR count). The monoisotopic (exact) mass is 293 g/mol. The number of nitrogens with one attached hydrogen (secondary N) is 1. The molecule has 0 amide bonds. The molecule has 0 spiro atoms. The van der Waals surface area contributed by atoms with Crippen LogP contribution in [0.4, 0.5) is 0 Å². The maximum absolute atomic E-state index is 4.81. The lowest BCUT2D eigenvalue weighted by molar-refractivity contribution is 0.599. The van der Waals surface area contributed by atoms with Crippen molar-refractivity contribution < 1.29 is 0 Å². The molecule has 1 aromatic rings. The van der Waals surface area contributed by atoms with Crippen molar-refractivity contribution >= 4 is 11.8 Å². The van der Waals surface area contributed by atoms with E-state index in [0.717, 1.165) is 18.9 Å². The minimum atomic E-state index is 0.479. The van der Waals surface area contributed by atoms with Gasteiger partial charge in [0, 0.05) is 17.9 Å². The lowest BCUT2D eigenvalue weighted by Crippen LogP contribution is -2.22. The molecule has 0 aromatic carbocycles. The topological polar surface area (TPSA) is 37.8 Å². The number of thioether (sulfide) groups is 1. The summed E-state index contributed by atoms with van der Waals surface area (Å²) in [6.07, 6.45) is 3.71. The summed E-state index contributed by atoms with van der Waals surface area (Å²) in [6, 6.07) is 0. The first-order valence-corrected chi connectivity index (χ1v) is 8.85. The molecule has 2 heterocycles. The second-order valence-corrected chi connectivity index (χ2v) is 7.08. The maximum atomic E-state index is 4.81. The lowest BCUT2D eigenvalue weighted by atomic mass is 9.97. The van der Waals surface area contributed by atoms with E-state index >= 15 is 0 Å². The van der Waals surface area contributed by atoms with Gasteiger partial charge in [-0.2, -0.15) is 11.8 Å². The van der Waals surface area contributed by atoms with Crippen molar-refractivity contribution in [2.24, 2.45) is 0 Å². The minimum Gasteiger partial charge on any atom is -0.316 e. The summed E-state index contributed by atoms with van der Waals surface area (Å²) < 4.78 is 0. The third-order valence-electron chi connectivity index (χ3n) is 3.93. The Kier molecular flexibility index (Phi) is 5.85. The molecule has 4 heteroatoms. The SMILES string of the molecule is CCCNCC(C)c1c(C)nc(C2CCCS2)nc1C. The van der Waals surface area contributed by atoms with Crippen LogP contribution < -0.4 is 5.32 Å². The van der Waals surface area contributed by atoms with Crippen LogP contribution in [0.2, 0.25) is 0 Å². The van der Waals surface area contributed by atoms with Crippen LogP contribution in [0.5, 0.6) is 0 Å². The molecule has 1 N–H and O–H groups in total. The molecular weight excluding hydrogens is 266 g/mol. The fourth-order valence-electron chi connectivity index (χ4n) is 2.99. The average molecular weight is 293 g/mol. The Morgan fingerprint density at radius 1 is 1.30 bits per heavy atom. The number of hydrogen-bond donors (Lipinski definition) is 1. The third kappa shape index (κ3) is 3.73. The van der Waals surface area contributed by atoms with Gasteiger partial charge in [-0.05, 0) is 56.9 Å². The van der Waals surface area contributed by atoms with Gasteiger partial charge in [0.1, 0.15) is 5.82 Å². The smallest absolute Gasteiger partial charge is 0.141 e. The van der Waals surface area contributed by atoms with E-state index in [4.69, 9.17) is 9.97 Å². The van der Waals surface area contributed by atoms with Crippen LogP contribution in [0.3, 0.4) is 0 Å². The number of aryl methyl sites for hydroxylation is 2. The molecule has 0 bridgehead atoms. The molecule has 20 heavy (non-hydrogen) atoms. The maximum Gasteiger partial charge on any atom is 0.141 e. The first kappa shape index (κ1) is 15.8. The average Bonchev–Trinajstić information content (AvgIpc) is 2.92. The molecule has 0 saturated carbocycles. The van der Waals surface area contributed by atoms with Crippen LogP contribution >= 0.6 is 11.8 Å². The van der Waals surface area contributed by atoms with Gasteiger partial charge in [-0.25, -0.2) is 9.97 Å². The van der Waals surface area contributed by atoms with Crippen molar-refractivity contribution in [2.45, 2.75) is 58.1 Å². The van der Waals surface area contributed by atoms with E-state index in [2.05, 4.69) is 33.0 Å². The van der Waals surface area contributed by atoms with E-state index in [9.17, 15) is 0 Å². The zero-order chi connectivity index (χ0) is 14.5. The molecule has 1 aliphatic heterocycles. The molecule has 0 aliphatic carbocycles. The Hall–Kier alpha value is -0.610. The summed E-state index contributed by atoms with van der Waals surface area (Å²) in [5, 5.41) is 4.02. The highest BCUT2D eigenvalue weighted by Gasteiger charge is 2.23. The van der Waals surface area contributed by atoms with Gasteiger partial charge in [0.25, 0.3) is 0 Å². The van der Waals surface area contributed by atoms with Gasteiger partial charge in [0.15, 0.2) is 0 Å². The predicted octanol–water partition coefficient (Wildman–Crippen LogP) is 3.76. The number of hydrogen-bond acceptors (Lipinski definition) is 4. The Balaban J connectivity index is 2.13. The van der Waals surface area contributed by atoms with E-state index in [1.165, 1.54) is 42.0 Å². The lowest BCUT2D eigenvalue weighted by Gasteiger charge is -2.19. The van der Waals surface area contributed by atoms with Crippen LogP contribution in [-0.2, 0) is 0 Å². The van der Waals surface area contributed by atoms with Crippen LogP contribution in [0.1, 0.15) is 67.1 Å². The Morgan fingerprint density at radius 3 is 2.55 bits per heavy atom. The summed E-state index contributed by atoms with van der Waals surface area (Å²) in [4.78, 5) is 9.61. The standard InChI is InChI=1S/C16H27N3S/c1-5-8-17-10-11(2)15-12(3)18-16(19-13(15)4)14-7-6-9-20-14/h11,14,17H,5-10H2,1-4H3. The highest BCUT2D eigenvalue weighted by Crippen LogP contribution is 2.38. The summed E-state index contributed by atoms with van der Waals surface area (Å²) in [5.74, 6) is 2.79. The quantitative estimate of drug-likeness (QED) is 0.810. The molecule has 2 atom stereocenters. The fraction of sp³-hybridized carbons (Fsp3) is 0.750. The van der Waals surface area contributed by atoms with Crippen molar-refractivity contribution in [1.29, 1.82) is 0 Å². The summed E-state index contributed by atoms with van der Waals surface area (Å²) in [7, 11) is 0. The van der Waals surface area contributed by atoms with Gasteiger partial charge < -0.3 is 5.32 Å². The number of rotatable bonds is 6. The number of aromatic nitrogens is 2. The van der Waals surface area contributed by atoms with Crippen molar-refractivity contribution in [3.05, 3.63) is 22.8 Å². The molecular formula is C16H27N3S. The molecule has 1 aromatic heterocycles. The van der Waals surface area contributed by atoms with Crippen LogP contribution in [0, 0.1) is 13.8 Å². The van der Waals surface area contributed by atoms with Crippen molar-refractivity contribution in [2.75, 3.05) is 18.8 Å². The van der Waals surface area contributed by atoms with Crippen molar-refractivity contribution in [3.8, 4) is 0 Å². The van der Waals surface area contributed by atoms with Gasteiger partial charge >= 0.3 is 0 Å². The Labute approximate surface area is 127 Å². The highest BCUT2D eigenvalue weighted by atomic mass is 32.2. The second kappa shape index (κ2) is 7.41. The second-order valence-electron chi connectivity index (χ2n) is 5.77. The van der Waals surface area contributed by atoms with Gasteiger partial charge in [-0.15, -0.1) is 0 Å². The summed E-state index contributed by atoms with van der Waals surface area (Å²) >= 11 is 2.01. The number of nitrogens with zero attached hydrogens (tertiary/aromatic N) is 2. The minimum absolute atomic E-state index is 0.479. The molecule has 0 radical (unpaired) electrons. The molecule has 2 unspecified atom stereocenters. The zero-order valence-electron chi connectivity index (χ0n) is 13.2. The zero-order valence-corrected chi connectivity index (χ0v) is 14.0. The van der Waals surface area contributed by atoms with Gasteiger partial charge in [-0.1, -0.05) is 13.8 Å². The Morgan fingerprint density at radius 2 is 2.00 bits per heavy atom. The molecule has 1 saturated heterocycles. The van der Waals surface area contributed by atoms with E-state index in [1.54, 1.807) is 0 Å². The van der Waals surface area contributed by atoms with E-state index in [-0.39, 0.29) is 0 Å². The van der Waals surface area contributed by atoms with Crippen LogP contribution in [0.25, 0.3) is 0 Å². The van der Waals surface area contributed by atoms with Gasteiger partial charge in [0.2, 0.25) is 0 Å². The molecule has 1 aliphatic rings. The summed E-state index contributed by atoms with van der Waals surface area (Å²) in [6.45, 7) is 10.8. The highest BCUT2D eigenvalue weighted by molar-refractivity contribution is 7.99. The first-order chi connectivity index (χ1) is 9.63. The van der Waals surface area contributed by atoms with Gasteiger partial charge in [-0.3, -0.25) is 0 Å². The molecule has 1 fully saturated rings. The van der Waals surface area contributed by atoms with E-state index < -0.39 is 0 Å². The third-order valence-corrected chi connectivity index (χ3v) is 5.31. The van der Waals surface area contributed by atoms with Crippen LogP contribution in [-0.4, -0.2) is 28.8 Å². The Bertz CT molecular complexity index is 418. The van der Waals surface area contributed by atoms with E-state index in [0.29, 0.717) is 11.2 Å². The molecule has 112 valence electrons. The van der Waals surface area contributed by atoms with Crippen molar-refractivity contribution in [3.63, 3.8) is 0 Å².